The van der Waals surface area contributed by atoms with E-state index in [0.717, 1.165) is 12.8 Å². The lowest BCUT2D eigenvalue weighted by Crippen LogP contribution is -2.73. The number of carbonyl (C=O) groups excluding carboxylic acids is 1. The van der Waals surface area contributed by atoms with Crippen LogP contribution in [0.25, 0.3) is 0 Å². The molecule has 7 nitrogen and oxygen atoms in total. The first-order valence-corrected chi connectivity index (χ1v) is 11.9. The summed E-state index contributed by atoms with van der Waals surface area (Å²) < 4.78 is -0.499. The number of hydrogen-bond acceptors (Lipinski definition) is 4. The standard InChI is InChI=1S/C24H43NO6/c1-5-9-10-11-12-13-14-15-16-17-18-25(19(6-2)22(26)27,20(7-3)23(28)29)21(8-4)24(30)31/h14-15,19-21H,5-13,16-18H2,1-4H3,(H2-,26,27,28,29,30,31)/b15-14+. The molecule has 0 saturated carbocycles. The Morgan fingerprint density at radius 3 is 1.58 bits per heavy atom. The van der Waals surface area contributed by atoms with Crippen LogP contribution in [0.2, 0.25) is 0 Å². The average Bonchev–Trinajstić information content (AvgIpc) is 2.69. The number of carboxylic acid groups (broad SMARTS) is 3. The number of aliphatic carboxylic acids is 3. The Hall–Kier alpha value is -1.89. The van der Waals surface area contributed by atoms with E-state index in [4.69, 9.17) is 0 Å². The molecule has 0 fully saturated rings. The molecular weight excluding hydrogens is 398 g/mol. The summed E-state index contributed by atoms with van der Waals surface area (Å²) in [6.45, 7) is 7.34. The highest BCUT2D eigenvalue weighted by atomic mass is 16.4. The number of unbranched alkanes of at least 4 members (excludes halogenated alkanes) is 6. The van der Waals surface area contributed by atoms with Crippen molar-refractivity contribution >= 4 is 17.9 Å². The van der Waals surface area contributed by atoms with Crippen LogP contribution in [0, 0.1) is 0 Å². The Labute approximate surface area is 187 Å². The van der Waals surface area contributed by atoms with Gasteiger partial charge in [0.1, 0.15) is 6.04 Å². The first kappa shape index (κ1) is 29.1. The third kappa shape index (κ3) is 8.63. The first-order valence-electron chi connectivity index (χ1n) is 11.9. The summed E-state index contributed by atoms with van der Waals surface area (Å²) in [5.41, 5.74) is 0. The lowest BCUT2D eigenvalue weighted by molar-refractivity contribution is -0.974. The zero-order valence-corrected chi connectivity index (χ0v) is 19.8. The van der Waals surface area contributed by atoms with Gasteiger partial charge in [-0.1, -0.05) is 65.5 Å². The number of allylic oxidation sites excluding steroid dienone is 2. The largest absolute Gasteiger partial charge is 0.544 e. The summed E-state index contributed by atoms with van der Waals surface area (Å²) in [6, 6.07) is -3.43. The molecule has 0 aromatic carbocycles. The zero-order valence-electron chi connectivity index (χ0n) is 19.8. The summed E-state index contributed by atoms with van der Waals surface area (Å²) in [7, 11) is 0. The molecule has 31 heavy (non-hydrogen) atoms. The SMILES string of the molecule is CCCCCCC/C=C/CCC[N+](C(CC)C(=O)[O-])(C(CC)C(=O)O)C(CC)C(=O)O. The Bertz CT molecular complexity index is 519. The van der Waals surface area contributed by atoms with Crippen LogP contribution in [0.4, 0.5) is 0 Å². The molecule has 0 aliphatic carbocycles. The fourth-order valence-electron chi connectivity index (χ4n) is 4.85. The maximum absolute atomic E-state index is 12.1. The van der Waals surface area contributed by atoms with Crippen LogP contribution in [-0.2, 0) is 14.4 Å². The van der Waals surface area contributed by atoms with E-state index < -0.39 is 40.5 Å². The summed E-state index contributed by atoms with van der Waals surface area (Å²) >= 11 is 0. The molecule has 0 aromatic rings. The van der Waals surface area contributed by atoms with Crippen molar-refractivity contribution in [3.63, 3.8) is 0 Å². The van der Waals surface area contributed by atoms with Crippen LogP contribution >= 0.6 is 0 Å². The molecular formula is C24H43NO6. The maximum Gasteiger partial charge on any atom is 0.362 e. The Kier molecular flexibility index (Phi) is 14.9. The van der Waals surface area contributed by atoms with Gasteiger partial charge in [0.15, 0.2) is 12.1 Å². The minimum atomic E-state index is -1.38. The van der Waals surface area contributed by atoms with Gasteiger partial charge in [-0.05, 0) is 19.3 Å². The molecule has 2 N–H and O–H groups in total. The van der Waals surface area contributed by atoms with Gasteiger partial charge in [0.2, 0.25) is 0 Å². The number of carbonyl (C=O) groups is 3. The fraction of sp³-hybridized carbons (Fsp3) is 0.792. The normalized spacial score (nSPS) is 16.5. The van der Waals surface area contributed by atoms with Gasteiger partial charge in [0.25, 0.3) is 0 Å². The third-order valence-corrected chi connectivity index (χ3v) is 6.30. The smallest absolute Gasteiger partial charge is 0.362 e. The molecule has 0 saturated heterocycles. The highest BCUT2D eigenvalue weighted by molar-refractivity contribution is 5.77. The van der Waals surface area contributed by atoms with E-state index in [2.05, 4.69) is 13.0 Å². The van der Waals surface area contributed by atoms with E-state index in [1.807, 2.05) is 6.08 Å². The molecule has 0 bridgehead atoms. The van der Waals surface area contributed by atoms with Gasteiger partial charge in [-0.25, -0.2) is 9.59 Å². The van der Waals surface area contributed by atoms with E-state index in [-0.39, 0.29) is 25.8 Å². The van der Waals surface area contributed by atoms with Gasteiger partial charge in [-0.3, -0.25) is 4.48 Å². The molecule has 0 spiro atoms. The van der Waals surface area contributed by atoms with E-state index in [1.54, 1.807) is 20.8 Å². The predicted octanol–water partition coefficient (Wildman–Crippen LogP) is 3.76. The van der Waals surface area contributed by atoms with Gasteiger partial charge in [-0.2, -0.15) is 0 Å². The van der Waals surface area contributed by atoms with Crippen molar-refractivity contribution in [1.82, 2.24) is 0 Å². The number of carboxylic acids is 3. The van der Waals surface area contributed by atoms with Gasteiger partial charge in [0, 0.05) is 25.7 Å². The van der Waals surface area contributed by atoms with Crippen molar-refractivity contribution in [1.29, 1.82) is 0 Å². The summed E-state index contributed by atoms with van der Waals surface area (Å²) in [5, 5.41) is 31.8. The summed E-state index contributed by atoms with van der Waals surface area (Å²) in [4.78, 5) is 36.2. The number of nitrogens with zero attached hydrogens (tertiary/aromatic N) is 1. The monoisotopic (exact) mass is 441 g/mol. The lowest BCUT2D eigenvalue weighted by Gasteiger charge is -2.51. The van der Waals surface area contributed by atoms with E-state index in [0.29, 0.717) is 12.8 Å². The molecule has 180 valence electrons. The molecule has 7 heteroatoms. The number of quaternary nitrogens is 1. The lowest BCUT2D eigenvalue weighted by atomic mass is 9.94. The fourth-order valence-corrected chi connectivity index (χ4v) is 4.85. The molecule has 0 aliphatic heterocycles. The van der Waals surface area contributed by atoms with Crippen molar-refractivity contribution in [2.24, 2.45) is 0 Å². The highest BCUT2D eigenvalue weighted by Crippen LogP contribution is 2.32. The quantitative estimate of drug-likeness (QED) is 0.179. The molecule has 3 unspecified atom stereocenters. The van der Waals surface area contributed by atoms with E-state index in [1.165, 1.54) is 25.7 Å². The highest BCUT2D eigenvalue weighted by Gasteiger charge is 2.53. The maximum atomic E-state index is 12.1. The summed E-state index contributed by atoms with van der Waals surface area (Å²) in [5.74, 6) is -3.71. The zero-order chi connectivity index (χ0) is 23.9. The van der Waals surface area contributed by atoms with Gasteiger partial charge < -0.3 is 20.1 Å². The van der Waals surface area contributed by atoms with E-state index >= 15 is 0 Å². The molecule has 0 amide bonds. The van der Waals surface area contributed by atoms with Crippen molar-refractivity contribution < 1.29 is 34.2 Å². The Morgan fingerprint density at radius 1 is 0.742 bits per heavy atom. The van der Waals surface area contributed by atoms with Crippen molar-refractivity contribution in [2.45, 2.75) is 116 Å². The van der Waals surface area contributed by atoms with Gasteiger partial charge >= 0.3 is 11.9 Å². The molecule has 0 rings (SSSR count). The predicted molar refractivity (Wildman–Crippen MR) is 119 cm³/mol. The van der Waals surface area contributed by atoms with Crippen LogP contribution in [-0.4, -0.2) is 57.3 Å². The van der Waals surface area contributed by atoms with Crippen LogP contribution < -0.4 is 5.11 Å². The summed E-state index contributed by atoms with van der Waals surface area (Å²) in [6.07, 6.45) is 12.8. The Balaban J connectivity index is 5.58. The van der Waals surface area contributed by atoms with Crippen molar-refractivity contribution in [2.75, 3.05) is 6.54 Å². The van der Waals surface area contributed by atoms with Crippen LogP contribution in [0.15, 0.2) is 12.2 Å². The second kappa shape index (κ2) is 15.8. The van der Waals surface area contributed by atoms with Crippen molar-refractivity contribution in [3.05, 3.63) is 12.2 Å². The third-order valence-electron chi connectivity index (χ3n) is 6.30. The molecule has 0 aromatic heterocycles. The van der Waals surface area contributed by atoms with Gasteiger partial charge in [0.05, 0.1) is 12.5 Å². The second-order valence-corrected chi connectivity index (χ2v) is 8.30. The van der Waals surface area contributed by atoms with E-state index in [9.17, 15) is 29.7 Å². The number of hydrogen-bond donors (Lipinski definition) is 2. The Morgan fingerprint density at radius 2 is 1.19 bits per heavy atom. The second-order valence-electron chi connectivity index (χ2n) is 8.30. The van der Waals surface area contributed by atoms with Crippen LogP contribution in [0.3, 0.4) is 0 Å². The molecule has 0 aliphatic rings. The number of rotatable bonds is 19. The van der Waals surface area contributed by atoms with Crippen LogP contribution in [0.1, 0.15) is 98.3 Å². The average molecular weight is 442 g/mol. The topological polar surface area (TPSA) is 115 Å². The first-order chi connectivity index (χ1) is 14.7. The van der Waals surface area contributed by atoms with Gasteiger partial charge in [-0.15, -0.1) is 0 Å². The molecule has 3 atom stereocenters. The molecule has 0 heterocycles. The minimum absolute atomic E-state index is 0.115. The molecule has 0 radical (unpaired) electrons. The van der Waals surface area contributed by atoms with Crippen molar-refractivity contribution in [3.8, 4) is 0 Å². The van der Waals surface area contributed by atoms with Crippen LogP contribution in [0.5, 0.6) is 0 Å². The minimum Gasteiger partial charge on any atom is -0.544 e.